The van der Waals surface area contributed by atoms with Gasteiger partial charge in [-0.3, -0.25) is 9.78 Å². The van der Waals surface area contributed by atoms with Crippen molar-refractivity contribution >= 4 is 5.78 Å². The summed E-state index contributed by atoms with van der Waals surface area (Å²) in [5.74, 6) is -0.585. The number of benzene rings is 1. The Balaban J connectivity index is 2.37. The van der Waals surface area contributed by atoms with E-state index in [4.69, 9.17) is 0 Å². The van der Waals surface area contributed by atoms with Crippen molar-refractivity contribution in [2.75, 3.05) is 0 Å². The van der Waals surface area contributed by atoms with Crippen molar-refractivity contribution in [3.05, 3.63) is 59.2 Å². The van der Waals surface area contributed by atoms with Crippen molar-refractivity contribution < 1.29 is 18.0 Å². The molecule has 98 valence electrons. The summed E-state index contributed by atoms with van der Waals surface area (Å²) >= 11 is 0. The molecule has 0 saturated carbocycles. The highest BCUT2D eigenvalue weighted by Crippen LogP contribution is 2.29. The standard InChI is InChI=1S/C13H9F3N2O/c1-8-6-18-11(7-17-8)12(19)9-3-2-4-10(5-9)13(14,15)16/h2-7H,1H3. The second kappa shape index (κ2) is 4.79. The summed E-state index contributed by atoms with van der Waals surface area (Å²) in [6, 6.07) is 4.23. The molecule has 0 saturated heterocycles. The zero-order chi connectivity index (χ0) is 14.0. The van der Waals surface area contributed by atoms with Crippen LogP contribution in [0.15, 0.2) is 36.7 Å². The van der Waals surface area contributed by atoms with E-state index in [0.717, 1.165) is 12.1 Å². The second-order valence-corrected chi connectivity index (χ2v) is 3.95. The minimum Gasteiger partial charge on any atom is -0.287 e. The maximum Gasteiger partial charge on any atom is 0.416 e. The first kappa shape index (κ1) is 13.2. The third-order valence-electron chi connectivity index (χ3n) is 2.47. The number of nitrogens with zero attached hydrogens (tertiary/aromatic N) is 2. The largest absolute Gasteiger partial charge is 0.416 e. The third kappa shape index (κ3) is 2.96. The Morgan fingerprint density at radius 2 is 1.89 bits per heavy atom. The molecule has 0 radical (unpaired) electrons. The monoisotopic (exact) mass is 266 g/mol. The van der Waals surface area contributed by atoms with Crippen LogP contribution in [0.5, 0.6) is 0 Å². The lowest BCUT2D eigenvalue weighted by Gasteiger charge is -2.07. The van der Waals surface area contributed by atoms with Crippen molar-refractivity contribution in [1.29, 1.82) is 0 Å². The van der Waals surface area contributed by atoms with E-state index in [-0.39, 0.29) is 11.3 Å². The number of ketones is 1. The first-order valence-corrected chi connectivity index (χ1v) is 5.38. The van der Waals surface area contributed by atoms with Gasteiger partial charge in [0, 0.05) is 11.8 Å². The molecule has 0 amide bonds. The van der Waals surface area contributed by atoms with E-state index in [2.05, 4.69) is 9.97 Å². The van der Waals surface area contributed by atoms with Crippen LogP contribution in [-0.4, -0.2) is 15.8 Å². The van der Waals surface area contributed by atoms with Gasteiger partial charge >= 0.3 is 6.18 Å². The van der Waals surface area contributed by atoms with Crippen LogP contribution in [0, 0.1) is 6.92 Å². The minimum atomic E-state index is -4.48. The third-order valence-corrected chi connectivity index (χ3v) is 2.47. The van der Waals surface area contributed by atoms with Gasteiger partial charge in [0.25, 0.3) is 0 Å². The molecule has 0 aliphatic carbocycles. The first-order valence-electron chi connectivity index (χ1n) is 5.38. The van der Waals surface area contributed by atoms with Gasteiger partial charge in [-0.1, -0.05) is 12.1 Å². The molecule has 1 heterocycles. The van der Waals surface area contributed by atoms with E-state index >= 15 is 0 Å². The molecule has 0 spiro atoms. The zero-order valence-electron chi connectivity index (χ0n) is 9.90. The van der Waals surface area contributed by atoms with E-state index in [1.807, 2.05) is 0 Å². The molecule has 1 aromatic carbocycles. The van der Waals surface area contributed by atoms with Gasteiger partial charge in [-0.05, 0) is 19.1 Å². The summed E-state index contributed by atoms with van der Waals surface area (Å²) in [7, 11) is 0. The number of hydrogen-bond donors (Lipinski definition) is 0. The molecule has 0 aliphatic heterocycles. The summed E-state index contributed by atoms with van der Waals surface area (Å²) < 4.78 is 37.6. The lowest BCUT2D eigenvalue weighted by molar-refractivity contribution is -0.137. The Kier molecular flexibility index (Phi) is 3.33. The van der Waals surface area contributed by atoms with Crippen LogP contribution < -0.4 is 0 Å². The Hall–Kier alpha value is -2.24. The van der Waals surface area contributed by atoms with Gasteiger partial charge in [-0.15, -0.1) is 0 Å². The number of carbonyl (C=O) groups is 1. The van der Waals surface area contributed by atoms with E-state index in [0.29, 0.717) is 5.69 Å². The molecule has 1 aromatic heterocycles. The van der Waals surface area contributed by atoms with Crippen LogP contribution >= 0.6 is 0 Å². The number of carbonyl (C=O) groups excluding carboxylic acids is 1. The summed E-state index contributed by atoms with van der Waals surface area (Å²) in [5.41, 5.74) is -0.281. The molecular formula is C13H9F3N2O. The molecule has 0 aliphatic rings. The Labute approximate surface area is 107 Å². The fourth-order valence-corrected chi connectivity index (χ4v) is 1.49. The Morgan fingerprint density at radius 1 is 1.16 bits per heavy atom. The molecule has 2 aromatic rings. The summed E-state index contributed by atoms with van der Waals surface area (Å²) in [4.78, 5) is 19.7. The molecule has 0 bridgehead atoms. The number of halogens is 3. The van der Waals surface area contributed by atoms with Gasteiger partial charge in [0.05, 0.1) is 17.5 Å². The summed E-state index contributed by atoms with van der Waals surface area (Å²) in [6.07, 6.45) is -1.84. The van der Waals surface area contributed by atoms with E-state index < -0.39 is 17.5 Å². The lowest BCUT2D eigenvalue weighted by atomic mass is 10.1. The number of rotatable bonds is 2. The van der Waals surface area contributed by atoms with Crippen molar-refractivity contribution in [2.24, 2.45) is 0 Å². The molecule has 3 nitrogen and oxygen atoms in total. The van der Waals surface area contributed by atoms with Gasteiger partial charge in [0.1, 0.15) is 5.69 Å². The SMILES string of the molecule is Cc1cnc(C(=O)c2cccc(C(F)(F)F)c2)cn1. The summed E-state index contributed by atoms with van der Waals surface area (Å²) in [6.45, 7) is 1.70. The summed E-state index contributed by atoms with van der Waals surface area (Å²) in [5, 5.41) is 0. The van der Waals surface area contributed by atoms with Gasteiger partial charge in [-0.2, -0.15) is 13.2 Å². The molecule has 0 N–H and O–H groups in total. The molecular weight excluding hydrogens is 257 g/mol. The molecule has 0 fully saturated rings. The van der Waals surface area contributed by atoms with Crippen LogP contribution in [-0.2, 0) is 6.18 Å². The maximum atomic E-state index is 12.5. The topological polar surface area (TPSA) is 42.9 Å². The highest BCUT2D eigenvalue weighted by molar-refractivity contribution is 6.07. The van der Waals surface area contributed by atoms with Crippen LogP contribution in [0.25, 0.3) is 0 Å². The number of hydrogen-bond acceptors (Lipinski definition) is 3. The predicted molar refractivity (Wildman–Crippen MR) is 61.6 cm³/mol. The smallest absolute Gasteiger partial charge is 0.287 e. The maximum absolute atomic E-state index is 12.5. The Morgan fingerprint density at radius 3 is 2.47 bits per heavy atom. The highest BCUT2D eigenvalue weighted by Gasteiger charge is 2.31. The van der Waals surface area contributed by atoms with Gasteiger partial charge < -0.3 is 0 Å². The fraction of sp³-hybridized carbons (Fsp3) is 0.154. The molecule has 6 heteroatoms. The van der Waals surface area contributed by atoms with Crippen LogP contribution in [0.3, 0.4) is 0 Å². The quantitative estimate of drug-likeness (QED) is 0.785. The molecule has 0 atom stereocenters. The number of aryl methyl sites for hydroxylation is 1. The molecule has 2 rings (SSSR count). The van der Waals surface area contributed by atoms with Crippen molar-refractivity contribution in [3.8, 4) is 0 Å². The van der Waals surface area contributed by atoms with Gasteiger partial charge in [-0.25, -0.2) is 4.98 Å². The Bertz CT molecular complexity index is 606. The fourth-order valence-electron chi connectivity index (χ4n) is 1.49. The average Bonchev–Trinajstić information content (AvgIpc) is 2.38. The van der Waals surface area contributed by atoms with E-state index in [1.54, 1.807) is 6.92 Å². The first-order chi connectivity index (χ1) is 8.88. The lowest BCUT2D eigenvalue weighted by Crippen LogP contribution is -2.09. The van der Waals surface area contributed by atoms with Gasteiger partial charge in [0.2, 0.25) is 5.78 Å². The van der Waals surface area contributed by atoms with Crippen LogP contribution in [0.2, 0.25) is 0 Å². The number of aromatic nitrogens is 2. The van der Waals surface area contributed by atoms with Crippen molar-refractivity contribution in [3.63, 3.8) is 0 Å². The highest BCUT2D eigenvalue weighted by atomic mass is 19.4. The van der Waals surface area contributed by atoms with E-state index in [9.17, 15) is 18.0 Å². The molecule has 19 heavy (non-hydrogen) atoms. The van der Waals surface area contributed by atoms with Crippen molar-refractivity contribution in [1.82, 2.24) is 9.97 Å². The average molecular weight is 266 g/mol. The van der Waals surface area contributed by atoms with E-state index in [1.165, 1.54) is 24.5 Å². The van der Waals surface area contributed by atoms with Crippen molar-refractivity contribution in [2.45, 2.75) is 13.1 Å². The normalized spacial score (nSPS) is 11.4. The second-order valence-electron chi connectivity index (χ2n) is 3.95. The zero-order valence-corrected chi connectivity index (χ0v) is 9.90. The molecule has 0 unspecified atom stereocenters. The van der Waals surface area contributed by atoms with Crippen LogP contribution in [0.4, 0.5) is 13.2 Å². The minimum absolute atomic E-state index is 0.0184. The van der Waals surface area contributed by atoms with Gasteiger partial charge in [0.15, 0.2) is 0 Å². The number of alkyl halides is 3. The predicted octanol–water partition coefficient (Wildman–Crippen LogP) is 3.03. The van der Waals surface area contributed by atoms with Crippen LogP contribution in [0.1, 0.15) is 27.3 Å².